The second kappa shape index (κ2) is 6.58. The molecular weight excluding hydrogens is 388 g/mol. The van der Waals surface area contributed by atoms with E-state index in [0.29, 0.717) is 22.4 Å². The summed E-state index contributed by atoms with van der Waals surface area (Å²) in [6.45, 7) is 7.06. The number of carbonyl (C=O) groups is 1. The first kappa shape index (κ1) is 19.4. The van der Waals surface area contributed by atoms with Gasteiger partial charge in [0.15, 0.2) is 0 Å². The first-order chi connectivity index (χ1) is 12.2. The molecule has 0 bridgehead atoms. The summed E-state index contributed by atoms with van der Waals surface area (Å²) < 4.78 is 0. The third kappa shape index (κ3) is 2.86. The minimum Gasteiger partial charge on any atom is -0.390 e. The third-order valence-corrected chi connectivity index (χ3v) is 10.3. The lowest BCUT2D eigenvalue weighted by Crippen LogP contribution is -2.58. The van der Waals surface area contributed by atoms with Crippen molar-refractivity contribution in [2.75, 3.05) is 5.33 Å². The smallest absolute Gasteiger partial charge is 0.147 e. The number of fused-ring (bicyclic) bond motifs is 5. The number of ketones is 1. The Morgan fingerprint density at radius 3 is 2.42 bits per heavy atom. The van der Waals surface area contributed by atoms with E-state index in [-0.39, 0.29) is 11.3 Å². The second-order valence-corrected chi connectivity index (χ2v) is 11.5. The second-order valence-electron chi connectivity index (χ2n) is 11.0. The van der Waals surface area contributed by atoms with Gasteiger partial charge in [0, 0.05) is 5.92 Å². The van der Waals surface area contributed by atoms with Crippen LogP contribution < -0.4 is 0 Å². The Hall–Kier alpha value is 0.110. The Bertz CT molecular complexity index is 573. The van der Waals surface area contributed by atoms with Crippen molar-refractivity contribution in [2.24, 2.45) is 40.4 Å². The molecule has 3 heteroatoms. The average molecular weight is 425 g/mol. The highest BCUT2D eigenvalue weighted by atomic mass is 79.9. The maximum Gasteiger partial charge on any atom is 0.147 e. The fourth-order valence-corrected chi connectivity index (χ4v) is 8.64. The van der Waals surface area contributed by atoms with Gasteiger partial charge in [-0.25, -0.2) is 0 Å². The maximum atomic E-state index is 12.7. The Labute approximate surface area is 168 Å². The quantitative estimate of drug-likeness (QED) is 0.572. The van der Waals surface area contributed by atoms with Gasteiger partial charge in [-0.2, -0.15) is 0 Å². The lowest BCUT2D eigenvalue weighted by atomic mass is 9.41. The summed E-state index contributed by atoms with van der Waals surface area (Å²) in [6.07, 6.45) is 12.0. The molecule has 0 amide bonds. The molecule has 26 heavy (non-hydrogen) atoms. The average Bonchev–Trinajstić information content (AvgIpc) is 2.60. The van der Waals surface area contributed by atoms with Crippen molar-refractivity contribution in [3.63, 3.8) is 0 Å². The van der Waals surface area contributed by atoms with E-state index in [9.17, 15) is 9.90 Å². The van der Waals surface area contributed by atoms with E-state index in [2.05, 4.69) is 29.8 Å². The number of aliphatic hydroxyl groups is 1. The molecule has 0 aromatic rings. The predicted octanol–water partition coefficient (Wildman–Crippen LogP) is 5.75. The molecule has 0 aromatic carbocycles. The zero-order chi connectivity index (χ0) is 18.7. The van der Waals surface area contributed by atoms with E-state index >= 15 is 0 Å². The molecule has 0 saturated heterocycles. The monoisotopic (exact) mass is 424 g/mol. The Morgan fingerprint density at radius 2 is 1.69 bits per heavy atom. The van der Waals surface area contributed by atoms with Crippen LogP contribution in [0.5, 0.6) is 0 Å². The highest BCUT2D eigenvalue weighted by Gasteiger charge is 2.60. The van der Waals surface area contributed by atoms with Crippen molar-refractivity contribution in [1.82, 2.24) is 0 Å². The minimum absolute atomic E-state index is 0.230. The van der Waals surface area contributed by atoms with E-state index in [1.54, 1.807) is 0 Å². The summed E-state index contributed by atoms with van der Waals surface area (Å²) in [4.78, 5) is 12.7. The number of hydrogen-bond acceptors (Lipinski definition) is 2. The molecule has 148 valence electrons. The number of rotatable bonds is 2. The Morgan fingerprint density at radius 1 is 0.962 bits per heavy atom. The molecule has 0 spiro atoms. The molecule has 0 unspecified atom stereocenters. The van der Waals surface area contributed by atoms with Crippen LogP contribution in [-0.4, -0.2) is 21.8 Å². The summed E-state index contributed by atoms with van der Waals surface area (Å²) in [5.41, 5.74) is 0.199. The van der Waals surface area contributed by atoms with Crippen LogP contribution in [0.25, 0.3) is 0 Å². The zero-order valence-corrected chi connectivity index (χ0v) is 18.5. The number of halogens is 1. The van der Waals surface area contributed by atoms with Crippen LogP contribution in [0, 0.1) is 40.4 Å². The normalized spacial score (nSPS) is 54.0. The van der Waals surface area contributed by atoms with Gasteiger partial charge in [0.05, 0.1) is 10.9 Å². The lowest BCUT2D eigenvalue weighted by molar-refractivity contribution is -0.168. The van der Waals surface area contributed by atoms with Gasteiger partial charge >= 0.3 is 0 Å². The fraction of sp³-hybridized carbons (Fsp3) is 0.957. The van der Waals surface area contributed by atoms with Crippen molar-refractivity contribution in [1.29, 1.82) is 0 Å². The van der Waals surface area contributed by atoms with Crippen LogP contribution in [0.3, 0.4) is 0 Å². The van der Waals surface area contributed by atoms with E-state index in [0.717, 1.165) is 37.0 Å². The summed E-state index contributed by atoms with van der Waals surface area (Å²) in [7, 11) is 0. The summed E-state index contributed by atoms with van der Waals surface area (Å²) >= 11 is 3.45. The molecular formula is C23H37BrO2. The molecule has 4 rings (SSSR count). The van der Waals surface area contributed by atoms with Crippen molar-refractivity contribution in [3.8, 4) is 0 Å². The number of carbonyl (C=O) groups excluding carboxylic acids is 1. The van der Waals surface area contributed by atoms with E-state index in [4.69, 9.17) is 0 Å². The Balaban J connectivity index is 1.61. The van der Waals surface area contributed by atoms with E-state index < -0.39 is 5.60 Å². The van der Waals surface area contributed by atoms with E-state index in [1.807, 2.05) is 6.92 Å². The molecule has 0 radical (unpaired) electrons. The van der Waals surface area contributed by atoms with Gasteiger partial charge < -0.3 is 5.11 Å². The number of hydrogen-bond donors (Lipinski definition) is 1. The molecule has 4 aliphatic rings. The van der Waals surface area contributed by atoms with Gasteiger partial charge in [-0.05, 0) is 99.2 Å². The van der Waals surface area contributed by atoms with Gasteiger partial charge in [-0.3, -0.25) is 4.79 Å². The summed E-state index contributed by atoms with van der Waals surface area (Å²) in [5.74, 6) is 3.78. The van der Waals surface area contributed by atoms with Gasteiger partial charge in [0.25, 0.3) is 0 Å². The first-order valence-electron chi connectivity index (χ1n) is 11.0. The van der Waals surface area contributed by atoms with Gasteiger partial charge in [0.2, 0.25) is 0 Å². The minimum atomic E-state index is -0.446. The fourth-order valence-electron chi connectivity index (χ4n) is 8.25. The molecule has 4 fully saturated rings. The Kier molecular flexibility index (Phi) is 4.91. The van der Waals surface area contributed by atoms with Crippen LogP contribution in [0.2, 0.25) is 0 Å². The highest BCUT2D eigenvalue weighted by molar-refractivity contribution is 9.09. The first-order valence-corrected chi connectivity index (χ1v) is 12.1. The molecule has 8 atom stereocenters. The van der Waals surface area contributed by atoms with Crippen molar-refractivity contribution in [2.45, 2.75) is 90.6 Å². The topological polar surface area (TPSA) is 37.3 Å². The molecule has 0 heterocycles. The molecule has 4 aliphatic carbocycles. The maximum absolute atomic E-state index is 12.7. The number of alkyl halides is 1. The SMILES string of the molecule is C[C@@]1(O)CC[C@@]2(C)[C@@H](CC[C@@H]3[C@@H]2CC[C@]2(C)[C@@H](C(=O)CBr)CCC[C@@H]32)C1. The van der Waals surface area contributed by atoms with Crippen LogP contribution in [0.1, 0.15) is 85.0 Å². The van der Waals surface area contributed by atoms with Crippen molar-refractivity contribution in [3.05, 3.63) is 0 Å². The summed E-state index contributed by atoms with van der Waals surface area (Å²) in [5, 5.41) is 11.2. The molecule has 2 nitrogen and oxygen atoms in total. The molecule has 1 N–H and O–H groups in total. The zero-order valence-electron chi connectivity index (χ0n) is 16.9. The standard InChI is InChI=1S/C23H37BrO2/c1-21(26)11-12-22(2)15(13-21)7-8-16-17-5-4-6-19(20(25)14-24)23(17,3)10-9-18(16)22/h15-19,26H,4-14H2,1-3H3/t15-,16-,17-,18-,19+,21+,22-,23-/m0/s1. The third-order valence-electron chi connectivity index (χ3n) is 9.72. The van der Waals surface area contributed by atoms with Gasteiger partial charge in [-0.15, -0.1) is 0 Å². The lowest BCUT2D eigenvalue weighted by Gasteiger charge is -2.64. The molecule has 4 saturated carbocycles. The largest absolute Gasteiger partial charge is 0.390 e. The molecule has 0 aromatic heterocycles. The van der Waals surface area contributed by atoms with Crippen LogP contribution in [-0.2, 0) is 4.79 Å². The highest BCUT2D eigenvalue weighted by Crippen LogP contribution is 2.67. The van der Waals surface area contributed by atoms with Crippen molar-refractivity contribution >= 4 is 21.7 Å². The van der Waals surface area contributed by atoms with Crippen molar-refractivity contribution < 1.29 is 9.90 Å². The van der Waals surface area contributed by atoms with Gasteiger partial charge in [0.1, 0.15) is 5.78 Å². The van der Waals surface area contributed by atoms with E-state index in [1.165, 1.54) is 44.9 Å². The summed E-state index contributed by atoms with van der Waals surface area (Å²) in [6, 6.07) is 0. The van der Waals surface area contributed by atoms with Crippen LogP contribution >= 0.6 is 15.9 Å². The predicted molar refractivity (Wildman–Crippen MR) is 109 cm³/mol. The van der Waals surface area contributed by atoms with Crippen LogP contribution in [0.15, 0.2) is 0 Å². The van der Waals surface area contributed by atoms with Gasteiger partial charge in [-0.1, -0.05) is 36.2 Å². The van der Waals surface area contributed by atoms with Crippen LogP contribution in [0.4, 0.5) is 0 Å². The number of Topliss-reactive ketones (excluding diaryl/α,β-unsaturated/α-hetero) is 1. The molecule has 0 aliphatic heterocycles.